The molecule has 1 unspecified atom stereocenters. The van der Waals surface area contributed by atoms with Gasteiger partial charge in [-0.1, -0.05) is 38.3 Å². The summed E-state index contributed by atoms with van der Waals surface area (Å²) in [7, 11) is 3.75. The Labute approximate surface area is 175 Å². The molecule has 0 aromatic heterocycles. The SMILES string of the molecule is CCCCCCOc1ccccc1NC(=O)OC(COC)CN1CCN(C)CC1. The zero-order valence-electron chi connectivity index (χ0n) is 18.2. The van der Waals surface area contributed by atoms with Gasteiger partial charge in [-0.2, -0.15) is 0 Å². The van der Waals surface area contributed by atoms with E-state index in [1.165, 1.54) is 12.8 Å². The van der Waals surface area contributed by atoms with Crippen molar-refractivity contribution in [2.45, 2.75) is 38.7 Å². The Morgan fingerprint density at radius 3 is 2.62 bits per heavy atom. The van der Waals surface area contributed by atoms with Crippen LogP contribution in [0.4, 0.5) is 10.5 Å². The number of likely N-dealkylation sites (N-methyl/N-ethyl adjacent to an activating group) is 1. The number of benzene rings is 1. The van der Waals surface area contributed by atoms with Gasteiger partial charge in [0.25, 0.3) is 0 Å². The summed E-state index contributed by atoms with van der Waals surface area (Å²) in [6, 6.07) is 7.47. The molecule has 2 rings (SSSR count). The second-order valence-electron chi connectivity index (χ2n) is 7.62. The summed E-state index contributed by atoms with van der Waals surface area (Å²) in [5, 5.41) is 2.83. The molecule has 0 bridgehead atoms. The average molecular weight is 408 g/mol. The van der Waals surface area contributed by atoms with Crippen LogP contribution in [-0.2, 0) is 9.47 Å². The van der Waals surface area contributed by atoms with Gasteiger partial charge in [-0.3, -0.25) is 10.2 Å². The van der Waals surface area contributed by atoms with Crippen molar-refractivity contribution in [3.8, 4) is 5.75 Å². The summed E-state index contributed by atoms with van der Waals surface area (Å²) < 4.78 is 16.8. The van der Waals surface area contributed by atoms with Crippen LogP contribution in [0.5, 0.6) is 5.75 Å². The lowest BCUT2D eigenvalue weighted by atomic mass is 10.2. The fourth-order valence-corrected chi connectivity index (χ4v) is 3.33. The molecule has 1 saturated heterocycles. The van der Waals surface area contributed by atoms with Crippen LogP contribution in [0.25, 0.3) is 0 Å². The molecule has 0 aliphatic carbocycles. The number of carbonyl (C=O) groups is 1. The number of nitrogens with zero attached hydrogens (tertiary/aromatic N) is 2. The lowest BCUT2D eigenvalue weighted by Crippen LogP contribution is -2.48. The maximum absolute atomic E-state index is 12.5. The van der Waals surface area contributed by atoms with Gasteiger partial charge in [0.2, 0.25) is 0 Å². The number of carbonyl (C=O) groups excluding carboxylic acids is 1. The van der Waals surface area contributed by atoms with E-state index in [1.807, 2.05) is 24.3 Å². The minimum atomic E-state index is -0.483. The van der Waals surface area contributed by atoms with Gasteiger partial charge in [0.15, 0.2) is 0 Å². The minimum Gasteiger partial charge on any atom is -0.491 e. The number of methoxy groups -OCH3 is 1. The van der Waals surface area contributed by atoms with Crippen LogP contribution in [0.2, 0.25) is 0 Å². The maximum Gasteiger partial charge on any atom is 0.412 e. The third kappa shape index (κ3) is 9.02. The van der Waals surface area contributed by atoms with Crippen LogP contribution >= 0.6 is 0 Å². The zero-order chi connectivity index (χ0) is 20.9. The predicted molar refractivity (Wildman–Crippen MR) is 116 cm³/mol. The van der Waals surface area contributed by atoms with Gasteiger partial charge in [-0.15, -0.1) is 0 Å². The Hall–Kier alpha value is -1.83. The first-order valence-electron chi connectivity index (χ1n) is 10.7. The van der Waals surface area contributed by atoms with Crippen LogP contribution in [0.1, 0.15) is 32.6 Å². The highest BCUT2D eigenvalue weighted by molar-refractivity contribution is 5.86. The van der Waals surface area contributed by atoms with Crippen molar-refractivity contribution in [2.24, 2.45) is 0 Å². The molecule has 1 aromatic carbocycles. The van der Waals surface area contributed by atoms with Crippen molar-refractivity contribution in [2.75, 3.05) is 65.4 Å². The predicted octanol–water partition coefficient (Wildman–Crippen LogP) is 3.46. The average Bonchev–Trinajstić information content (AvgIpc) is 2.71. The molecule has 1 fully saturated rings. The molecule has 0 spiro atoms. The normalized spacial score (nSPS) is 16.4. The summed E-state index contributed by atoms with van der Waals surface area (Å²) in [4.78, 5) is 17.1. The number of anilines is 1. The second-order valence-corrected chi connectivity index (χ2v) is 7.62. The van der Waals surface area contributed by atoms with Crippen molar-refractivity contribution in [1.29, 1.82) is 0 Å². The number of hydrogen-bond acceptors (Lipinski definition) is 6. The lowest BCUT2D eigenvalue weighted by Gasteiger charge is -2.34. The number of nitrogens with one attached hydrogen (secondary N) is 1. The molecule has 1 atom stereocenters. The van der Waals surface area contributed by atoms with E-state index in [9.17, 15) is 4.79 Å². The van der Waals surface area contributed by atoms with Crippen molar-refractivity contribution in [1.82, 2.24) is 9.80 Å². The molecule has 1 N–H and O–H groups in total. The summed E-state index contributed by atoms with van der Waals surface area (Å²) in [5.74, 6) is 0.670. The second kappa shape index (κ2) is 13.4. The third-order valence-corrected chi connectivity index (χ3v) is 5.06. The van der Waals surface area contributed by atoms with Crippen molar-refractivity contribution >= 4 is 11.8 Å². The van der Waals surface area contributed by atoms with Gasteiger partial charge in [-0.25, -0.2) is 4.79 Å². The molecule has 0 saturated carbocycles. The number of piperazine rings is 1. The van der Waals surface area contributed by atoms with Gasteiger partial charge in [0.05, 0.1) is 18.9 Å². The standard InChI is InChI=1S/C22H37N3O4/c1-4-5-6-9-16-28-21-11-8-7-10-20(21)23-22(26)29-19(18-27-3)17-25-14-12-24(2)13-15-25/h7-8,10-11,19H,4-6,9,12-18H2,1-3H3,(H,23,26). The molecule has 7 heteroatoms. The lowest BCUT2D eigenvalue weighted by molar-refractivity contribution is 0.0157. The van der Waals surface area contributed by atoms with Crippen LogP contribution in [0, 0.1) is 0 Å². The molecule has 0 radical (unpaired) electrons. The summed E-state index contributed by atoms with van der Waals surface area (Å²) in [6.45, 7) is 7.85. The highest BCUT2D eigenvalue weighted by Gasteiger charge is 2.22. The first-order chi connectivity index (χ1) is 14.1. The van der Waals surface area contributed by atoms with E-state index < -0.39 is 6.09 Å². The summed E-state index contributed by atoms with van der Waals surface area (Å²) >= 11 is 0. The van der Waals surface area contributed by atoms with E-state index in [4.69, 9.17) is 14.2 Å². The van der Waals surface area contributed by atoms with Crippen molar-refractivity contribution < 1.29 is 19.0 Å². The highest BCUT2D eigenvalue weighted by atomic mass is 16.6. The van der Waals surface area contributed by atoms with E-state index in [0.29, 0.717) is 31.2 Å². The molecule has 1 aromatic rings. The number of unbranched alkanes of at least 4 members (excludes halogenated alkanes) is 3. The summed E-state index contributed by atoms with van der Waals surface area (Å²) in [5.41, 5.74) is 0.628. The van der Waals surface area contributed by atoms with Crippen molar-refractivity contribution in [3.05, 3.63) is 24.3 Å². The molecule has 1 aliphatic heterocycles. The van der Waals surface area contributed by atoms with E-state index in [1.54, 1.807) is 7.11 Å². The fraction of sp³-hybridized carbons (Fsp3) is 0.682. The van der Waals surface area contributed by atoms with Gasteiger partial charge >= 0.3 is 6.09 Å². The number of ether oxygens (including phenoxy) is 3. The first kappa shape index (κ1) is 23.4. The number of amides is 1. The minimum absolute atomic E-state index is 0.314. The quantitative estimate of drug-likeness (QED) is 0.536. The summed E-state index contributed by atoms with van der Waals surface area (Å²) in [6.07, 6.45) is 3.77. The Kier molecular flexibility index (Phi) is 10.8. The molecule has 1 aliphatic rings. The maximum atomic E-state index is 12.5. The zero-order valence-corrected chi connectivity index (χ0v) is 18.2. The Bertz CT molecular complexity index is 591. The van der Waals surface area contributed by atoms with Gasteiger partial charge in [0.1, 0.15) is 11.9 Å². The molecular weight excluding hydrogens is 370 g/mol. The molecular formula is C22H37N3O4. The van der Waals surface area contributed by atoms with E-state index in [-0.39, 0.29) is 6.10 Å². The fourth-order valence-electron chi connectivity index (χ4n) is 3.33. The van der Waals surface area contributed by atoms with Crippen LogP contribution in [0.15, 0.2) is 24.3 Å². The number of para-hydroxylation sites is 2. The molecule has 1 amide bonds. The first-order valence-corrected chi connectivity index (χ1v) is 10.7. The smallest absolute Gasteiger partial charge is 0.412 e. The molecule has 1 heterocycles. The Morgan fingerprint density at radius 1 is 1.14 bits per heavy atom. The highest BCUT2D eigenvalue weighted by Crippen LogP contribution is 2.24. The number of rotatable bonds is 12. The van der Waals surface area contributed by atoms with Gasteiger partial charge in [0, 0.05) is 39.8 Å². The number of hydrogen-bond donors (Lipinski definition) is 1. The van der Waals surface area contributed by atoms with Crippen molar-refractivity contribution in [3.63, 3.8) is 0 Å². The largest absolute Gasteiger partial charge is 0.491 e. The monoisotopic (exact) mass is 407 g/mol. The van der Waals surface area contributed by atoms with Gasteiger partial charge in [-0.05, 0) is 25.6 Å². The van der Waals surface area contributed by atoms with Crippen LogP contribution < -0.4 is 10.1 Å². The van der Waals surface area contributed by atoms with E-state index in [0.717, 1.165) is 39.0 Å². The third-order valence-electron chi connectivity index (χ3n) is 5.06. The Balaban J connectivity index is 1.84. The van der Waals surface area contributed by atoms with Crippen LogP contribution in [-0.4, -0.2) is 82.1 Å². The van der Waals surface area contributed by atoms with E-state index >= 15 is 0 Å². The van der Waals surface area contributed by atoms with Gasteiger partial charge < -0.3 is 19.1 Å². The molecule has 29 heavy (non-hydrogen) atoms. The molecule has 7 nitrogen and oxygen atoms in total. The molecule has 164 valence electrons. The van der Waals surface area contributed by atoms with Crippen LogP contribution in [0.3, 0.4) is 0 Å². The Morgan fingerprint density at radius 2 is 1.90 bits per heavy atom. The van der Waals surface area contributed by atoms with E-state index in [2.05, 4.69) is 29.1 Å². The topological polar surface area (TPSA) is 63.3 Å².